The van der Waals surface area contributed by atoms with Gasteiger partial charge in [-0.3, -0.25) is 4.90 Å². The summed E-state index contributed by atoms with van der Waals surface area (Å²) in [5.41, 5.74) is 1.14. The summed E-state index contributed by atoms with van der Waals surface area (Å²) in [6, 6.07) is 9.50. The molecule has 20 heavy (non-hydrogen) atoms. The third-order valence-electron chi connectivity index (χ3n) is 4.27. The van der Waals surface area contributed by atoms with E-state index in [0.29, 0.717) is 12.1 Å². The van der Waals surface area contributed by atoms with E-state index in [-0.39, 0.29) is 0 Å². The molecule has 2 unspecified atom stereocenters. The highest BCUT2D eigenvalue weighted by molar-refractivity contribution is 7.18. The van der Waals surface area contributed by atoms with Crippen LogP contribution in [0.3, 0.4) is 0 Å². The Hall–Kier alpha value is -0.970. The van der Waals surface area contributed by atoms with Gasteiger partial charge in [0.1, 0.15) is 5.01 Å². The summed E-state index contributed by atoms with van der Waals surface area (Å²) in [5, 5.41) is 4.77. The number of para-hydroxylation sites is 1. The maximum absolute atomic E-state index is 4.83. The zero-order chi connectivity index (χ0) is 13.9. The molecule has 1 N–H and O–H groups in total. The fraction of sp³-hybridized carbons (Fsp3) is 0.562. The first-order chi connectivity index (χ1) is 9.79. The van der Waals surface area contributed by atoms with Crippen molar-refractivity contribution in [1.82, 2.24) is 15.2 Å². The van der Waals surface area contributed by atoms with E-state index in [9.17, 15) is 0 Å². The SMILES string of the molecule is CCN(C1CCCNC1)C(C)c1nc2ccccc2s1. The highest BCUT2D eigenvalue weighted by atomic mass is 32.1. The molecule has 2 aromatic rings. The van der Waals surface area contributed by atoms with Crippen LogP contribution in [0.2, 0.25) is 0 Å². The molecule has 0 radical (unpaired) electrons. The molecule has 1 aromatic carbocycles. The van der Waals surface area contributed by atoms with E-state index in [4.69, 9.17) is 4.98 Å². The van der Waals surface area contributed by atoms with Gasteiger partial charge in [0.15, 0.2) is 0 Å². The number of benzene rings is 1. The van der Waals surface area contributed by atoms with Crippen LogP contribution >= 0.6 is 11.3 Å². The van der Waals surface area contributed by atoms with Crippen molar-refractivity contribution in [3.8, 4) is 0 Å². The summed E-state index contributed by atoms with van der Waals surface area (Å²) in [5.74, 6) is 0. The van der Waals surface area contributed by atoms with Gasteiger partial charge in [-0.05, 0) is 45.0 Å². The van der Waals surface area contributed by atoms with Crippen molar-refractivity contribution < 1.29 is 0 Å². The lowest BCUT2D eigenvalue weighted by molar-refractivity contribution is 0.128. The number of rotatable bonds is 4. The fourth-order valence-corrected chi connectivity index (χ4v) is 4.22. The number of fused-ring (bicyclic) bond motifs is 1. The molecule has 0 spiro atoms. The molecule has 2 atom stereocenters. The fourth-order valence-electron chi connectivity index (χ4n) is 3.18. The molecule has 108 valence electrons. The maximum Gasteiger partial charge on any atom is 0.111 e. The molecule has 1 aliphatic heterocycles. The molecule has 1 aliphatic rings. The van der Waals surface area contributed by atoms with Gasteiger partial charge in [0.05, 0.1) is 16.3 Å². The summed E-state index contributed by atoms with van der Waals surface area (Å²) in [6.07, 6.45) is 2.59. The second kappa shape index (κ2) is 6.20. The Balaban J connectivity index is 1.83. The first-order valence-corrected chi connectivity index (χ1v) is 8.43. The highest BCUT2D eigenvalue weighted by Crippen LogP contribution is 2.31. The van der Waals surface area contributed by atoms with Gasteiger partial charge in [-0.2, -0.15) is 0 Å². The van der Waals surface area contributed by atoms with Crippen molar-refractivity contribution in [2.75, 3.05) is 19.6 Å². The molecule has 4 heteroatoms. The number of aromatic nitrogens is 1. The number of piperidine rings is 1. The van der Waals surface area contributed by atoms with Crippen molar-refractivity contribution >= 4 is 21.6 Å². The summed E-state index contributed by atoms with van der Waals surface area (Å²) < 4.78 is 1.30. The van der Waals surface area contributed by atoms with Gasteiger partial charge in [0.25, 0.3) is 0 Å². The average molecular weight is 289 g/mol. The molecule has 1 fully saturated rings. The van der Waals surface area contributed by atoms with Crippen LogP contribution in [-0.4, -0.2) is 35.6 Å². The van der Waals surface area contributed by atoms with E-state index in [1.807, 2.05) is 11.3 Å². The van der Waals surface area contributed by atoms with E-state index in [1.165, 1.54) is 29.1 Å². The van der Waals surface area contributed by atoms with Crippen LogP contribution < -0.4 is 5.32 Å². The number of thiazole rings is 1. The number of hydrogen-bond donors (Lipinski definition) is 1. The van der Waals surface area contributed by atoms with Gasteiger partial charge in [-0.15, -0.1) is 11.3 Å². The molecular formula is C16H23N3S. The van der Waals surface area contributed by atoms with Gasteiger partial charge < -0.3 is 5.32 Å². The van der Waals surface area contributed by atoms with Gasteiger partial charge in [-0.1, -0.05) is 19.1 Å². The topological polar surface area (TPSA) is 28.2 Å². The Morgan fingerprint density at radius 2 is 2.30 bits per heavy atom. The Morgan fingerprint density at radius 3 is 3.00 bits per heavy atom. The molecule has 1 saturated heterocycles. The van der Waals surface area contributed by atoms with E-state index >= 15 is 0 Å². The molecule has 3 rings (SSSR count). The first-order valence-electron chi connectivity index (χ1n) is 7.61. The van der Waals surface area contributed by atoms with E-state index in [0.717, 1.165) is 18.6 Å². The normalized spacial score (nSPS) is 21.4. The van der Waals surface area contributed by atoms with Crippen molar-refractivity contribution in [3.63, 3.8) is 0 Å². The van der Waals surface area contributed by atoms with Crippen molar-refractivity contribution in [2.45, 2.75) is 38.8 Å². The Kier molecular flexibility index (Phi) is 4.34. The lowest BCUT2D eigenvalue weighted by Crippen LogP contribution is -2.46. The Morgan fingerprint density at radius 1 is 1.45 bits per heavy atom. The van der Waals surface area contributed by atoms with E-state index in [2.05, 4.69) is 48.3 Å². The minimum atomic E-state index is 0.405. The van der Waals surface area contributed by atoms with Crippen LogP contribution in [-0.2, 0) is 0 Å². The predicted molar refractivity (Wildman–Crippen MR) is 86.3 cm³/mol. The largest absolute Gasteiger partial charge is 0.315 e. The predicted octanol–water partition coefficient (Wildman–Crippen LogP) is 3.43. The van der Waals surface area contributed by atoms with Crippen LogP contribution in [0.4, 0.5) is 0 Å². The molecule has 3 nitrogen and oxygen atoms in total. The zero-order valence-corrected chi connectivity index (χ0v) is 13.1. The molecule has 2 heterocycles. The number of likely N-dealkylation sites (N-methyl/N-ethyl adjacent to an activating group) is 1. The molecule has 0 saturated carbocycles. The van der Waals surface area contributed by atoms with Gasteiger partial charge >= 0.3 is 0 Å². The van der Waals surface area contributed by atoms with Crippen LogP contribution in [0, 0.1) is 0 Å². The molecule has 0 bridgehead atoms. The highest BCUT2D eigenvalue weighted by Gasteiger charge is 2.26. The van der Waals surface area contributed by atoms with Crippen LogP contribution in [0.5, 0.6) is 0 Å². The summed E-state index contributed by atoms with van der Waals surface area (Å²) in [6.45, 7) is 7.93. The Labute approximate surface area is 125 Å². The lowest BCUT2D eigenvalue weighted by atomic mass is 10.0. The second-order valence-electron chi connectivity index (χ2n) is 5.53. The standard InChI is InChI=1S/C16H23N3S/c1-3-19(13-7-6-10-17-11-13)12(2)16-18-14-8-4-5-9-15(14)20-16/h4-5,8-9,12-13,17H,3,6-7,10-11H2,1-2H3. The van der Waals surface area contributed by atoms with Crippen molar-refractivity contribution in [1.29, 1.82) is 0 Å². The van der Waals surface area contributed by atoms with Crippen LogP contribution in [0.25, 0.3) is 10.2 Å². The second-order valence-corrected chi connectivity index (χ2v) is 6.59. The van der Waals surface area contributed by atoms with Crippen LogP contribution in [0.1, 0.15) is 37.7 Å². The van der Waals surface area contributed by atoms with Gasteiger partial charge in [-0.25, -0.2) is 4.98 Å². The minimum absolute atomic E-state index is 0.405. The van der Waals surface area contributed by atoms with Crippen molar-refractivity contribution in [3.05, 3.63) is 29.3 Å². The van der Waals surface area contributed by atoms with E-state index in [1.54, 1.807) is 0 Å². The molecule has 0 aliphatic carbocycles. The number of nitrogens with zero attached hydrogens (tertiary/aromatic N) is 2. The monoisotopic (exact) mass is 289 g/mol. The molecule has 1 aromatic heterocycles. The Bertz CT molecular complexity index is 527. The smallest absolute Gasteiger partial charge is 0.111 e. The zero-order valence-electron chi connectivity index (χ0n) is 12.3. The van der Waals surface area contributed by atoms with Gasteiger partial charge in [0, 0.05) is 12.6 Å². The van der Waals surface area contributed by atoms with Crippen molar-refractivity contribution in [2.24, 2.45) is 0 Å². The maximum atomic E-state index is 4.83. The molecule has 0 amide bonds. The quantitative estimate of drug-likeness (QED) is 0.934. The van der Waals surface area contributed by atoms with E-state index < -0.39 is 0 Å². The summed E-state index contributed by atoms with van der Waals surface area (Å²) in [7, 11) is 0. The number of hydrogen-bond acceptors (Lipinski definition) is 4. The summed E-state index contributed by atoms with van der Waals surface area (Å²) >= 11 is 1.84. The lowest BCUT2D eigenvalue weighted by Gasteiger charge is -2.37. The van der Waals surface area contributed by atoms with Gasteiger partial charge in [0.2, 0.25) is 0 Å². The summed E-state index contributed by atoms with van der Waals surface area (Å²) in [4.78, 5) is 7.43. The molecular weight excluding hydrogens is 266 g/mol. The average Bonchev–Trinajstić information content (AvgIpc) is 2.93. The minimum Gasteiger partial charge on any atom is -0.315 e. The van der Waals surface area contributed by atoms with Crippen LogP contribution in [0.15, 0.2) is 24.3 Å². The number of nitrogens with one attached hydrogen (secondary N) is 1. The third-order valence-corrected chi connectivity index (χ3v) is 5.48. The third kappa shape index (κ3) is 2.73. The first kappa shape index (κ1) is 14.0.